The molecule has 7 heteroatoms. The van der Waals surface area contributed by atoms with Crippen molar-refractivity contribution in [2.24, 2.45) is 0 Å². The Bertz CT molecular complexity index is 350. The number of hydrogen-bond donors (Lipinski definition) is 1. The summed E-state index contributed by atoms with van der Waals surface area (Å²) in [5.74, 6) is -0.712. The van der Waals surface area contributed by atoms with E-state index in [2.05, 4.69) is 9.50 Å². The Balaban J connectivity index is 3.96. The fourth-order valence-electron chi connectivity index (χ4n) is 0.899. The van der Waals surface area contributed by atoms with Crippen molar-refractivity contribution in [1.82, 2.24) is 5.32 Å². The van der Waals surface area contributed by atoms with E-state index in [0.29, 0.717) is 5.41 Å². The third-order valence-electron chi connectivity index (χ3n) is 1.82. The first-order valence-electron chi connectivity index (χ1n) is 5.30. The van der Waals surface area contributed by atoms with Crippen molar-refractivity contribution in [3.05, 3.63) is 11.5 Å². The third kappa shape index (κ3) is 8.84. The van der Waals surface area contributed by atoms with Crippen LogP contribution in [0.4, 0.5) is 0 Å². The highest BCUT2D eigenvalue weighted by Crippen LogP contribution is 1.94. The normalized spacial score (nSPS) is 13.8. The van der Waals surface area contributed by atoms with E-state index in [0.717, 1.165) is 26.2 Å². The molecule has 0 saturated heterocycles. The Morgan fingerprint density at radius 2 is 2.12 bits per heavy atom. The first kappa shape index (κ1) is 16.1. The van der Waals surface area contributed by atoms with E-state index in [1.165, 1.54) is 0 Å². The second kappa shape index (κ2) is 8.21. The number of hydrogen-bond acceptors (Lipinski definition) is 6. The van der Waals surface area contributed by atoms with E-state index < -0.39 is 16.1 Å². The predicted molar refractivity (Wildman–Crippen MR) is 63.8 cm³/mol. The zero-order valence-electron chi connectivity index (χ0n) is 10.3. The third-order valence-corrected chi connectivity index (χ3v) is 2.76. The van der Waals surface area contributed by atoms with Crippen LogP contribution in [0.3, 0.4) is 0 Å². The molecule has 0 amide bonds. The molecule has 0 aliphatic rings. The van der Waals surface area contributed by atoms with Crippen LogP contribution in [-0.4, -0.2) is 40.7 Å². The van der Waals surface area contributed by atoms with E-state index in [4.69, 9.17) is 4.74 Å². The summed E-state index contributed by atoms with van der Waals surface area (Å²) in [5, 5.41) is 3.79. The van der Waals surface area contributed by atoms with E-state index in [9.17, 15) is 13.2 Å². The Morgan fingerprint density at radius 3 is 2.65 bits per heavy atom. The molecular formula is C10H19NO5S. The molecule has 0 heterocycles. The van der Waals surface area contributed by atoms with Gasteiger partial charge in [-0.25, -0.2) is 4.79 Å². The Labute approximate surface area is 102 Å². The van der Waals surface area contributed by atoms with Crippen LogP contribution in [0.15, 0.2) is 11.5 Å². The van der Waals surface area contributed by atoms with Gasteiger partial charge in [-0.15, -0.1) is 0 Å². The molecule has 0 bridgehead atoms. The molecule has 17 heavy (non-hydrogen) atoms. The molecule has 0 fully saturated rings. The molecule has 0 radical (unpaired) electrons. The minimum absolute atomic E-state index is 0.0336. The molecule has 1 N–H and O–H groups in total. The smallest absolute Gasteiger partial charge is 0.331 e. The van der Waals surface area contributed by atoms with E-state index in [1.54, 1.807) is 0 Å². The summed E-state index contributed by atoms with van der Waals surface area (Å²) in [6, 6.07) is 0.0336. The van der Waals surface area contributed by atoms with Crippen molar-refractivity contribution in [2.45, 2.75) is 26.3 Å². The molecule has 0 aliphatic heterocycles. The fraction of sp³-hybridized carbons (Fsp3) is 0.700. The van der Waals surface area contributed by atoms with Crippen LogP contribution in [0.2, 0.25) is 0 Å². The van der Waals surface area contributed by atoms with Crippen molar-refractivity contribution in [2.75, 3.05) is 20.3 Å². The Kier molecular flexibility index (Phi) is 7.77. The molecule has 0 aliphatic carbocycles. The van der Waals surface area contributed by atoms with Crippen LogP contribution >= 0.6 is 0 Å². The zero-order chi connectivity index (χ0) is 13.3. The maximum Gasteiger partial charge on any atom is 0.331 e. The zero-order valence-corrected chi connectivity index (χ0v) is 11.1. The van der Waals surface area contributed by atoms with Crippen LogP contribution in [0.25, 0.3) is 0 Å². The molecule has 0 aromatic heterocycles. The summed E-state index contributed by atoms with van der Waals surface area (Å²) in [5.41, 5.74) is 0. The van der Waals surface area contributed by atoms with Gasteiger partial charge < -0.3 is 10.1 Å². The summed E-state index contributed by atoms with van der Waals surface area (Å²) in [6.45, 7) is 4.94. The quantitative estimate of drug-likeness (QED) is 0.389. The lowest BCUT2D eigenvalue weighted by molar-refractivity contribution is -0.138. The van der Waals surface area contributed by atoms with Crippen molar-refractivity contribution in [3.63, 3.8) is 0 Å². The summed E-state index contributed by atoms with van der Waals surface area (Å²) in [7, 11) is -2.75. The molecule has 0 aromatic rings. The van der Waals surface area contributed by atoms with Gasteiger partial charge in [0.1, 0.15) is 6.61 Å². The molecular weight excluding hydrogens is 246 g/mol. The van der Waals surface area contributed by atoms with Crippen LogP contribution in [0.1, 0.15) is 20.3 Å². The standard InChI is InChI=1S/C10H19NO5S/c1-4-6-11-9(2)8-16-10(12)5-7-17(13,14)15-3/h5,7,9,11H,4,6,8H2,1-3H3. The van der Waals surface area contributed by atoms with Gasteiger partial charge in [0.25, 0.3) is 10.1 Å². The van der Waals surface area contributed by atoms with Gasteiger partial charge in [0.2, 0.25) is 0 Å². The minimum atomic E-state index is -3.76. The largest absolute Gasteiger partial charge is 0.461 e. The fourth-order valence-corrected chi connectivity index (χ4v) is 1.29. The highest BCUT2D eigenvalue weighted by Gasteiger charge is 2.06. The van der Waals surface area contributed by atoms with E-state index >= 15 is 0 Å². The summed E-state index contributed by atoms with van der Waals surface area (Å²) in [6.07, 6.45) is 1.82. The van der Waals surface area contributed by atoms with Crippen molar-refractivity contribution in [3.8, 4) is 0 Å². The van der Waals surface area contributed by atoms with Crippen molar-refractivity contribution < 1.29 is 22.1 Å². The first-order chi connectivity index (χ1) is 7.91. The summed E-state index contributed by atoms with van der Waals surface area (Å²) in [4.78, 5) is 11.1. The van der Waals surface area contributed by atoms with Gasteiger partial charge in [-0.05, 0) is 19.9 Å². The van der Waals surface area contributed by atoms with Crippen LogP contribution in [-0.2, 0) is 23.8 Å². The average Bonchev–Trinajstić information content (AvgIpc) is 2.31. The number of ether oxygens (including phenoxy) is 1. The van der Waals surface area contributed by atoms with Gasteiger partial charge in [-0.3, -0.25) is 4.18 Å². The van der Waals surface area contributed by atoms with Crippen LogP contribution in [0, 0.1) is 0 Å². The van der Waals surface area contributed by atoms with Gasteiger partial charge in [-0.1, -0.05) is 6.92 Å². The van der Waals surface area contributed by atoms with Gasteiger partial charge >= 0.3 is 5.97 Å². The van der Waals surface area contributed by atoms with Crippen LogP contribution < -0.4 is 5.32 Å². The number of carbonyl (C=O) groups excluding carboxylic acids is 1. The minimum Gasteiger partial charge on any atom is -0.461 e. The van der Waals surface area contributed by atoms with Crippen molar-refractivity contribution >= 4 is 16.1 Å². The molecule has 100 valence electrons. The molecule has 0 aromatic carbocycles. The van der Waals surface area contributed by atoms with Gasteiger partial charge in [0.05, 0.1) is 12.5 Å². The molecule has 0 rings (SSSR count). The summed E-state index contributed by atoms with van der Waals surface area (Å²) >= 11 is 0. The van der Waals surface area contributed by atoms with E-state index in [-0.39, 0.29) is 12.6 Å². The lowest BCUT2D eigenvalue weighted by Gasteiger charge is -2.12. The molecule has 1 atom stereocenters. The predicted octanol–water partition coefficient (Wildman–Crippen LogP) is 0.408. The first-order valence-corrected chi connectivity index (χ1v) is 6.77. The van der Waals surface area contributed by atoms with E-state index in [1.807, 2.05) is 13.8 Å². The SMILES string of the molecule is CCCNC(C)COC(=O)C=CS(=O)(=O)OC. The molecule has 0 spiro atoms. The van der Waals surface area contributed by atoms with Crippen LogP contribution in [0.5, 0.6) is 0 Å². The monoisotopic (exact) mass is 265 g/mol. The van der Waals surface area contributed by atoms with Crippen molar-refractivity contribution in [1.29, 1.82) is 0 Å². The average molecular weight is 265 g/mol. The second-order valence-electron chi connectivity index (χ2n) is 3.45. The number of rotatable bonds is 8. The Hall–Kier alpha value is -0.920. The lowest BCUT2D eigenvalue weighted by Crippen LogP contribution is -2.31. The lowest BCUT2D eigenvalue weighted by atomic mass is 10.3. The number of esters is 1. The second-order valence-corrected chi connectivity index (χ2v) is 5.04. The molecule has 0 saturated carbocycles. The van der Waals surface area contributed by atoms with Gasteiger partial charge in [-0.2, -0.15) is 8.42 Å². The summed E-state index contributed by atoms with van der Waals surface area (Å²) < 4.78 is 30.7. The number of carbonyl (C=O) groups is 1. The number of nitrogens with one attached hydrogen (secondary N) is 1. The highest BCUT2D eigenvalue weighted by atomic mass is 32.2. The highest BCUT2D eigenvalue weighted by molar-refractivity contribution is 7.89. The van der Waals surface area contributed by atoms with Gasteiger partial charge in [0, 0.05) is 12.1 Å². The topological polar surface area (TPSA) is 81.7 Å². The molecule has 1 unspecified atom stereocenters. The maximum absolute atomic E-state index is 11.1. The Morgan fingerprint density at radius 1 is 1.47 bits per heavy atom. The maximum atomic E-state index is 11.1. The van der Waals surface area contributed by atoms with Gasteiger partial charge in [0.15, 0.2) is 0 Å². The molecule has 6 nitrogen and oxygen atoms in total.